The van der Waals surface area contributed by atoms with E-state index in [4.69, 9.17) is 19.9 Å². The first-order valence-electron chi connectivity index (χ1n) is 10.6. The number of primary amides is 1. The molecule has 7 heteroatoms. The van der Waals surface area contributed by atoms with E-state index in [0.717, 1.165) is 49.4 Å². The Bertz CT molecular complexity index is 841. The van der Waals surface area contributed by atoms with Crippen molar-refractivity contribution in [3.63, 3.8) is 0 Å². The Labute approximate surface area is 185 Å². The highest BCUT2D eigenvalue weighted by Crippen LogP contribution is 2.38. The molecule has 0 saturated heterocycles. The molecule has 0 spiro atoms. The second-order valence-electron chi connectivity index (χ2n) is 7.26. The van der Waals surface area contributed by atoms with Crippen molar-refractivity contribution in [2.24, 2.45) is 5.73 Å². The molecule has 170 valence electrons. The number of methoxy groups -OCH3 is 3. The number of amides is 1. The molecule has 7 nitrogen and oxygen atoms in total. The van der Waals surface area contributed by atoms with Crippen molar-refractivity contribution in [3.05, 3.63) is 47.0 Å². The lowest BCUT2D eigenvalue weighted by atomic mass is 10.0. The molecule has 0 unspecified atom stereocenters. The maximum atomic E-state index is 11.9. The van der Waals surface area contributed by atoms with Gasteiger partial charge in [-0.2, -0.15) is 0 Å². The number of nitrogens with zero attached hydrogens (tertiary/aromatic N) is 1. The van der Waals surface area contributed by atoms with Crippen LogP contribution in [0.25, 0.3) is 0 Å². The summed E-state index contributed by atoms with van der Waals surface area (Å²) in [7, 11) is 4.78. The molecule has 0 heterocycles. The molecular formula is C24H35N3O4. The predicted molar refractivity (Wildman–Crippen MR) is 125 cm³/mol. The van der Waals surface area contributed by atoms with Crippen LogP contribution in [0.5, 0.6) is 17.2 Å². The smallest absolute Gasteiger partial charge is 0.250 e. The van der Waals surface area contributed by atoms with Gasteiger partial charge in [0.1, 0.15) is 0 Å². The van der Waals surface area contributed by atoms with Gasteiger partial charge in [-0.25, -0.2) is 0 Å². The van der Waals surface area contributed by atoms with Crippen LogP contribution in [-0.4, -0.2) is 58.3 Å². The summed E-state index contributed by atoms with van der Waals surface area (Å²) < 4.78 is 16.3. The van der Waals surface area contributed by atoms with Crippen LogP contribution in [-0.2, 0) is 6.42 Å². The monoisotopic (exact) mass is 429 g/mol. The summed E-state index contributed by atoms with van der Waals surface area (Å²) in [5.41, 5.74) is 8.90. The zero-order valence-electron chi connectivity index (χ0n) is 19.3. The number of carbonyl (C=O) groups is 1. The number of nitrogens with two attached hydrogens (primary N) is 1. The fraction of sp³-hybridized carbons (Fsp3) is 0.458. The molecule has 0 saturated carbocycles. The van der Waals surface area contributed by atoms with E-state index < -0.39 is 5.91 Å². The summed E-state index contributed by atoms with van der Waals surface area (Å²) in [5.74, 6) is 1.35. The van der Waals surface area contributed by atoms with Crippen molar-refractivity contribution in [1.82, 2.24) is 4.90 Å². The molecule has 3 N–H and O–H groups in total. The summed E-state index contributed by atoms with van der Waals surface area (Å²) in [6.07, 6.45) is 1.63. The quantitative estimate of drug-likeness (QED) is 0.474. The minimum atomic E-state index is -0.439. The lowest BCUT2D eigenvalue weighted by Gasteiger charge is -2.18. The minimum absolute atomic E-state index is 0.439. The minimum Gasteiger partial charge on any atom is -0.493 e. The van der Waals surface area contributed by atoms with Crippen molar-refractivity contribution >= 4 is 11.6 Å². The van der Waals surface area contributed by atoms with Crippen LogP contribution >= 0.6 is 0 Å². The first-order chi connectivity index (χ1) is 15.0. The summed E-state index contributed by atoms with van der Waals surface area (Å²) in [5, 5.41) is 3.39. The van der Waals surface area contributed by atoms with Gasteiger partial charge in [0.25, 0.3) is 5.91 Å². The molecule has 0 aliphatic rings. The van der Waals surface area contributed by atoms with Gasteiger partial charge >= 0.3 is 0 Å². The third kappa shape index (κ3) is 6.52. The average molecular weight is 430 g/mol. The van der Waals surface area contributed by atoms with E-state index in [2.05, 4.69) is 24.1 Å². The van der Waals surface area contributed by atoms with Crippen LogP contribution in [0.2, 0.25) is 0 Å². The lowest BCUT2D eigenvalue weighted by Crippen LogP contribution is -2.25. The van der Waals surface area contributed by atoms with E-state index in [-0.39, 0.29) is 0 Å². The van der Waals surface area contributed by atoms with E-state index in [9.17, 15) is 4.79 Å². The fourth-order valence-corrected chi connectivity index (χ4v) is 3.60. The van der Waals surface area contributed by atoms with Gasteiger partial charge in [0, 0.05) is 12.2 Å². The lowest BCUT2D eigenvalue weighted by molar-refractivity contribution is 0.100. The van der Waals surface area contributed by atoms with Crippen LogP contribution in [0, 0.1) is 0 Å². The molecule has 0 radical (unpaired) electrons. The summed E-state index contributed by atoms with van der Waals surface area (Å²) in [6.45, 7) is 8.17. The molecule has 2 rings (SSSR count). The number of nitrogens with one attached hydrogen (secondary N) is 1. The molecule has 0 aliphatic heterocycles. The first-order valence-corrected chi connectivity index (χ1v) is 10.6. The second kappa shape index (κ2) is 12.1. The van der Waals surface area contributed by atoms with Gasteiger partial charge in [-0.3, -0.25) is 4.79 Å². The molecule has 0 fully saturated rings. The SMILES string of the molecule is CCN(CC)CCCNc1cc(Cc2cc(OC)c(OC)c(OC)c2)ccc1C(N)=O. The van der Waals surface area contributed by atoms with Gasteiger partial charge in [-0.05, 0) is 67.9 Å². The number of rotatable bonds is 13. The molecule has 0 bridgehead atoms. The van der Waals surface area contributed by atoms with Crippen LogP contribution in [0.4, 0.5) is 5.69 Å². The summed E-state index contributed by atoms with van der Waals surface area (Å²) in [6, 6.07) is 9.55. The largest absolute Gasteiger partial charge is 0.493 e. The van der Waals surface area contributed by atoms with Crippen molar-refractivity contribution in [2.45, 2.75) is 26.7 Å². The normalized spacial score (nSPS) is 10.8. The van der Waals surface area contributed by atoms with Crippen molar-refractivity contribution in [2.75, 3.05) is 52.8 Å². The number of hydrogen-bond acceptors (Lipinski definition) is 6. The molecule has 0 aromatic heterocycles. The molecule has 0 aliphatic carbocycles. The van der Waals surface area contributed by atoms with E-state index in [0.29, 0.717) is 29.2 Å². The van der Waals surface area contributed by atoms with E-state index in [1.54, 1.807) is 27.4 Å². The Hall–Kier alpha value is -2.93. The molecule has 2 aromatic rings. The molecular weight excluding hydrogens is 394 g/mol. The molecule has 1 amide bonds. The second-order valence-corrected chi connectivity index (χ2v) is 7.26. The van der Waals surface area contributed by atoms with Gasteiger partial charge in [0.2, 0.25) is 5.75 Å². The Morgan fingerprint density at radius 1 is 0.968 bits per heavy atom. The predicted octanol–water partition coefficient (Wildman–Crippen LogP) is 3.55. The number of anilines is 1. The molecule has 2 aromatic carbocycles. The van der Waals surface area contributed by atoms with Gasteiger partial charge in [0.15, 0.2) is 11.5 Å². The highest BCUT2D eigenvalue weighted by atomic mass is 16.5. The maximum Gasteiger partial charge on any atom is 0.250 e. The maximum absolute atomic E-state index is 11.9. The fourth-order valence-electron chi connectivity index (χ4n) is 3.60. The Morgan fingerprint density at radius 3 is 2.13 bits per heavy atom. The van der Waals surface area contributed by atoms with Crippen molar-refractivity contribution < 1.29 is 19.0 Å². The summed E-state index contributed by atoms with van der Waals surface area (Å²) >= 11 is 0. The topological polar surface area (TPSA) is 86.1 Å². The highest BCUT2D eigenvalue weighted by molar-refractivity contribution is 5.98. The van der Waals surface area contributed by atoms with Crippen molar-refractivity contribution in [1.29, 1.82) is 0 Å². The highest BCUT2D eigenvalue weighted by Gasteiger charge is 2.15. The van der Waals surface area contributed by atoms with Gasteiger partial charge in [-0.1, -0.05) is 19.9 Å². The summed E-state index contributed by atoms with van der Waals surface area (Å²) in [4.78, 5) is 14.3. The zero-order chi connectivity index (χ0) is 22.8. The van der Waals surface area contributed by atoms with Gasteiger partial charge in [-0.15, -0.1) is 0 Å². The van der Waals surface area contributed by atoms with Gasteiger partial charge < -0.3 is 30.2 Å². The van der Waals surface area contributed by atoms with E-state index in [1.807, 2.05) is 24.3 Å². The van der Waals surface area contributed by atoms with Crippen LogP contribution in [0.3, 0.4) is 0 Å². The number of hydrogen-bond donors (Lipinski definition) is 2. The molecule has 31 heavy (non-hydrogen) atoms. The van der Waals surface area contributed by atoms with Crippen LogP contribution in [0.1, 0.15) is 41.8 Å². The van der Waals surface area contributed by atoms with Crippen LogP contribution < -0.4 is 25.3 Å². The number of ether oxygens (including phenoxy) is 3. The zero-order valence-corrected chi connectivity index (χ0v) is 19.3. The van der Waals surface area contributed by atoms with E-state index >= 15 is 0 Å². The number of carbonyl (C=O) groups excluding carboxylic acids is 1. The Morgan fingerprint density at radius 2 is 1.61 bits per heavy atom. The Balaban J connectivity index is 2.20. The standard InChI is InChI=1S/C24H35N3O4/c1-6-27(7-2)12-8-11-26-20-14-17(9-10-19(20)24(25)28)13-18-15-21(29-3)23(31-5)22(16-18)30-4/h9-10,14-16,26H,6-8,11-13H2,1-5H3,(H2,25,28). The molecule has 0 atom stereocenters. The first kappa shape index (κ1) is 24.3. The average Bonchev–Trinajstić information content (AvgIpc) is 2.78. The van der Waals surface area contributed by atoms with Crippen LogP contribution in [0.15, 0.2) is 30.3 Å². The third-order valence-corrected chi connectivity index (χ3v) is 5.34. The Kier molecular flexibility index (Phi) is 9.46. The number of benzene rings is 2. The van der Waals surface area contributed by atoms with Crippen molar-refractivity contribution in [3.8, 4) is 17.2 Å². The van der Waals surface area contributed by atoms with E-state index in [1.165, 1.54) is 0 Å². The van der Waals surface area contributed by atoms with Gasteiger partial charge in [0.05, 0.1) is 26.9 Å². The third-order valence-electron chi connectivity index (χ3n) is 5.34.